The molecule has 2 atom stereocenters. The molecule has 0 radical (unpaired) electrons. The number of hydrogen-bond acceptors (Lipinski definition) is 3. The van der Waals surface area contributed by atoms with E-state index in [0.717, 1.165) is 44.2 Å². The first kappa shape index (κ1) is 18.9. The fourth-order valence-electron chi connectivity index (χ4n) is 4.55. The van der Waals surface area contributed by atoms with Crippen molar-refractivity contribution in [2.45, 2.75) is 58.1 Å². The highest BCUT2D eigenvalue weighted by Gasteiger charge is 2.49. The lowest BCUT2D eigenvalue weighted by Gasteiger charge is -2.46. The molecule has 1 saturated heterocycles. The zero-order valence-corrected chi connectivity index (χ0v) is 15.7. The van der Waals surface area contributed by atoms with Gasteiger partial charge in [0.25, 0.3) is 0 Å². The van der Waals surface area contributed by atoms with E-state index in [-0.39, 0.29) is 29.9 Å². The number of nitrogens with zero attached hydrogens (tertiary/aromatic N) is 1. The Kier molecular flexibility index (Phi) is 6.30. The van der Waals surface area contributed by atoms with Gasteiger partial charge in [0.1, 0.15) is 6.61 Å². The van der Waals surface area contributed by atoms with Gasteiger partial charge in [-0.2, -0.15) is 0 Å². The van der Waals surface area contributed by atoms with Crippen LogP contribution < -0.4 is 5.32 Å². The molecule has 1 aliphatic heterocycles. The second kappa shape index (κ2) is 8.67. The number of nitrogens with one attached hydrogen (secondary N) is 1. The average molecular weight is 358 g/mol. The molecule has 0 spiro atoms. The standard InChI is InChI=1S/C21H30N2O3/c1-2-13-23-18-9-6-11-21(18,12-10-20(23)25)16-22-19(24)15-26-14-17-7-4-3-5-8-17/h3-5,7-8,18H,2,6,9-16H2,1H3,(H,22,24)/t18-,21+/m1/s1. The molecular weight excluding hydrogens is 328 g/mol. The third-order valence-corrected chi connectivity index (χ3v) is 5.84. The molecule has 2 fully saturated rings. The molecule has 3 rings (SSSR count). The Hall–Kier alpha value is -1.88. The maximum Gasteiger partial charge on any atom is 0.246 e. The number of rotatable bonds is 8. The van der Waals surface area contributed by atoms with Crippen LogP contribution in [0.2, 0.25) is 0 Å². The number of ether oxygens (including phenoxy) is 1. The van der Waals surface area contributed by atoms with Crippen LogP contribution in [0, 0.1) is 5.41 Å². The second-order valence-corrected chi connectivity index (χ2v) is 7.61. The lowest BCUT2D eigenvalue weighted by Crippen LogP contribution is -2.56. The Labute approximate surface area is 156 Å². The summed E-state index contributed by atoms with van der Waals surface area (Å²) in [7, 11) is 0. The molecule has 1 saturated carbocycles. The first-order valence-electron chi connectivity index (χ1n) is 9.82. The molecule has 2 amide bonds. The van der Waals surface area contributed by atoms with Gasteiger partial charge in [-0.25, -0.2) is 0 Å². The van der Waals surface area contributed by atoms with Crippen molar-refractivity contribution in [2.24, 2.45) is 5.41 Å². The Morgan fingerprint density at radius 1 is 1.31 bits per heavy atom. The van der Waals surface area contributed by atoms with Crippen molar-refractivity contribution in [2.75, 3.05) is 19.7 Å². The minimum absolute atomic E-state index is 0.0537. The van der Waals surface area contributed by atoms with E-state index in [0.29, 0.717) is 19.6 Å². The van der Waals surface area contributed by atoms with Crippen molar-refractivity contribution in [1.29, 1.82) is 0 Å². The second-order valence-electron chi connectivity index (χ2n) is 7.61. The fourth-order valence-corrected chi connectivity index (χ4v) is 4.55. The van der Waals surface area contributed by atoms with Gasteiger partial charge in [-0.3, -0.25) is 9.59 Å². The summed E-state index contributed by atoms with van der Waals surface area (Å²) in [6.07, 6.45) is 5.78. The number of benzene rings is 1. The number of fused-ring (bicyclic) bond motifs is 1. The molecule has 0 bridgehead atoms. The van der Waals surface area contributed by atoms with E-state index >= 15 is 0 Å². The summed E-state index contributed by atoms with van der Waals surface area (Å²) >= 11 is 0. The summed E-state index contributed by atoms with van der Waals surface area (Å²) in [5.41, 5.74) is 1.12. The third-order valence-electron chi connectivity index (χ3n) is 5.84. The van der Waals surface area contributed by atoms with Crippen LogP contribution in [0.25, 0.3) is 0 Å². The van der Waals surface area contributed by atoms with E-state index in [4.69, 9.17) is 4.74 Å². The number of amides is 2. The van der Waals surface area contributed by atoms with Gasteiger partial charge in [0, 0.05) is 31.0 Å². The molecule has 1 aromatic rings. The van der Waals surface area contributed by atoms with Crippen molar-refractivity contribution < 1.29 is 14.3 Å². The molecule has 0 aromatic heterocycles. The predicted octanol–water partition coefficient (Wildman–Crippen LogP) is 2.89. The molecule has 1 heterocycles. The first-order chi connectivity index (χ1) is 12.6. The van der Waals surface area contributed by atoms with Gasteiger partial charge < -0.3 is 15.0 Å². The van der Waals surface area contributed by atoms with Crippen molar-refractivity contribution in [1.82, 2.24) is 10.2 Å². The Morgan fingerprint density at radius 2 is 2.12 bits per heavy atom. The monoisotopic (exact) mass is 358 g/mol. The van der Waals surface area contributed by atoms with Gasteiger partial charge >= 0.3 is 0 Å². The number of piperidine rings is 1. The third kappa shape index (κ3) is 4.26. The fraction of sp³-hybridized carbons (Fsp3) is 0.619. The van der Waals surface area contributed by atoms with Gasteiger partial charge in [-0.1, -0.05) is 43.7 Å². The lowest BCUT2D eigenvalue weighted by atomic mass is 9.74. The molecule has 1 N–H and O–H groups in total. The molecule has 142 valence electrons. The van der Waals surface area contributed by atoms with Crippen molar-refractivity contribution in [3.8, 4) is 0 Å². The zero-order valence-electron chi connectivity index (χ0n) is 15.7. The van der Waals surface area contributed by atoms with Crippen LogP contribution in [-0.2, 0) is 20.9 Å². The summed E-state index contributed by atoms with van der Waals surface area (Å²) in [6, 6.07) is 10.1. The summed E-state index contributed by atoms with van der Waals surface area (Å²) in [4.78, 5) is 26.6. The number of hydrogen-bond donors (Lipinski definition) is 1. The van der Waals surface area contributed by atoms with Crippen LogP contribution >= 0.6 is 0 Å². The van der Waals surface area contributed by atoms with Crippen LogP contribution in [0.15, 0.2) is 30.3 Å². The molecule has 1 aliphatic carbocycles. The maximum atomic E-state index is 12.3. The summed E-state index contributed by atoms with van der Waals surface area (Å²) in [5, 5.41) is 3.08. The van der Waals surface area contributed by atoms with Gasteiger partial charge in [-0.15, -0.1) is 0 Å². The number of likely N-dealkylation sites (tertiary alicyclic amines) is 1. The summed E-state index contributed by atoms with van der Waals surface area (Å²) < 4.78 is 5.53. The summed E-state index contributed by atoms with van der Waals surface area (Å²) in [5.74, 6) is 0.215. The smallest absolute Gasteiger partial charge is 0.246 e. The highest BCUT2D eigenvalue weighted by atomic mass is 16.5. The highest BCUT2D eigenvalue weighted by molar-refractivity contribution is 5.78. The van der Waals surface area contributed by atoms with Crippen molar-refractivity contribution in [3.05, 3.63) is 35.9 Å². The normalized spacial score (nSPS) is 25.2. The Bertz CT molecular complexity index is 619. The van der Waals surface area contributed by atoms with E-state index < -0.39 is 0 Å². The van der Waals surface area contributed by atoms with Crippen molar-refractivity contribution in [3.63, 3.8) is 0 Å². The minimum Gasteiger partial charge on any atom is -0.367 e. The molecule has 0 unspecified atom stereocenters. The van der Waals surface area contributed by atoms with Crippen LogP contribution in [0.3, 0.4) is 0 Å². The van der Waals surface area contributed by atoms with Crippen molar-refractivity contribution >= 4 is 11.8 Å². The van der Waals surface area contributed by atoms with Crippen LogP contribution in [0.5, 0.6) is 0 Å². The molecule has 5 nitrogen and oxygen atoms in total. The van der Waals surface area contributed by atoms with E-state index in [9.17, 15) is 9.59 Å². The van der Waals surface area contributed by atoms with E-state index in [1.54, 1.807) is 0 Å². The quantitative estimate of drug-likeness (QED) is 0.777. The summed E-state index contributed by atoms with van der Waals surface area (Å²) in [6.45, 7) is 4.12. The van der Waals surface area contributed by atoms with Gasteiger partial charge in [0.2, 0.25) is 11.8 Å². The highest BCUT2D eigenvalue weighted by Crippen LogP contribution is 2.47. The Morgan fingerprint density at radius 3 is 2.88 bits per heavy atom. The van der Waals surface area contributed by atoms with Gasteiger partial charge in [0.05, 0.1) is 6.61 Å². The first-order valence-corrected chi connectivity index (χ1v) is 9.82. The maximum absolute atomic E-state index is 12.3. The zero-order chi connectivity index (χ0) is 18.4. The predicted molar refractivity (Wildman–Crippen MR) is 100 cm³/mol. The van der Waals surface area contributed by atoms with Crippen LogP contribution in [0.1, 0.15) is 51.0 Å². The van der Waals surface area contributed by atoms with E-state index in [2.05, 4.69) is 17.1 Å². The SMILES string of the molecule is CCCN1C(=O)CC[C@]2(CNC(=O)COCc3ccccc3)CCC[C@@H]12. The largest absolute Gasteiger partial charge is 0.367 e. The van der Waals surface area contributed by atoms with E-state index in [1.165, 1.54) is 0 Å². The van der Waals surface area contributed by atoms with Gasteiger partial charge in [0.15, 0.2) is 0 Å². The average Bonchev–Trinajstić information content (AvgIpc) is 3.08. The Balaban J connectivity index is 1.49. The molecule has 1 aromatic carbocycles. The molecular formula is C21H30N2O3. The number of carbonyl (C=O) groups is 2. The molecule has 2 aliphatic rings. The van der Waals surface area contributed by atoms with Crippen LogP contribution in [0.4, 0.5) is 0 Å². The molecule has 26 heavy (non-hydrogen) atoms. The van der Waals surface area contributed by atoms with E-state index in [1.807, 2.05) is 30.3 Å². The number of carbonyl (C=O) groups excluding carboxylic acids is 2. The van der Waals surface area contributed by atoms with Gasteiger partial charge in [-0.05, 0) is 31.2 Å². The topological polar surface area (TPSA) is 58.6 Å². The van der Waals surface area contributed by atoms with Crippen LogP contribution in [-0.4, -0.2) is 42.5 Å². The molecule has 5 heteroatoms. The minimum atomic E-state index is -0.0695. The lowest BCUT2D eigenvalue weighted by molar-refractivity contribution is -0.142.